The van der Waals surface area contributed by atoms with Crippen molar-refractivity contribution in [2.45, 2.75) is 23.6 Å². The largest absolute Gasteiger partial charge is 0.417 e. The zero-order chi connectivity index (χ0) is 20.0. The van der Waals surface area contributed by atoms with E-state index in [1.807, 2.05) is 0 Å². The van der Waals surface area contributed by atoms with Gasteiger partial charge >= 0.3 is 6.18 Å². The molecule has 3 rings (SSSR count). The van der Waals surface area contributed by atoms with E-state index < -0.39 is 39.0 Å². The van der Waals surface area contributed by atoms with Gasteiger partial charge in [-0.15, -0.1) is 0 Å². The fourth-order valence-corrected chi connectivity index (χ4v) is 4.21. The number of nitrogens with one attached hydrogen (secondary N) is 1. The van der Waals surface area contributed by atoms with Crippen LogP contribution in [0.2, 0.25) is 5.02 Å². The van der Waals surface area contributed by atoms with Crippen LogP contribution in [-0.2, 0) is 22.6 Å². The summed E-state index contributed by atoms with van der Waals surface area (Å²) in [5.41, 5.74) is -2.26. The quantitative estimate of drug-likeness (QED) is 0.585. The molecule has 0 amide bonds. The Labute approximate surface area is 159 Å². The number of aromatic amines is 1. The molecular weight excluding hydrogens is 406 g/mol. The molecule has 1 heterocycles. The van der Waals surface area contributed by atoms with Crippen LogP contribution in [0.15, 0.2) is 47.4 Å². The molecule has 0 aliphatic carbocycles. The van der Waals surface area contributed by atoms with E-state index in [1.54, 1.807) is 0 Å². The first-order valence-corrected chi connectivity index (χ1v) is 9.43. The first-order valence-electron chi connectivity index (χ1n) is 7.73. The fraction of sp³-hybridized carbons (Fsp3) is 0.222. The maximum Gasteiger partial charge on any atom is 0.417 e. The molecule has 27 heavy (non-hydrogen) atoms. The first kappa shape index (κ1) is 19.9. The number of aliphatic hydroxyl groups is 1. The number of aromatic nitrogens is 1. The minimum atomic E-state index is -4.61. The number of hydrogen-bond acceptors (Lipinski definition) is 2. The average molecular weight is 420 g/mol. The highest BCUT2D eigenvalue weighted by molar-refractivity contribution is 7.85. The lowest BCUT2D eigenvalue weighted by Crippen LogP contribution is -2.29. The molecule has 0 radical (unpaired) electrons. The van der Waals surface area contributed by atoms with E-state index in [0.29, 0.717) is 10.3 Å². The maximum absolute atomic E-state index is 13.0. The van der Waals surface area contributed by atoms with E-state index >= 15 is 0 Å². The normalized spacial score (nSPS) is 15.7. The molecule has 0 fully saturated rings. The van der Waals surface area contributed by atoms with Crippen molar-refractivity contribution in [2.75, 3.05) is 5.75 Å². The summed E-state index contributed by atoms with van der Waals surface area (Å²) in [7, 11) is -1.65. The molecule has 1 aromatic heterocycles. The van der Waals surface area contributed by atoms with Crippen LogP contribution < -0.4 is 0 Å². The van der Waals surface area contributed by atoms with Crippen LogP contribution >= 0.6 is 11.6 Å². The molecule has 3 aromatic rings. The van der Waals surface area contributed by atoms with E-state index in [1.165, 1.54) is 25.1 Å². The van der Waals surface area contributed by atoms with Gasteiger partial charge in [-0.3, -0.25) is 4.21 Å². The van der Waals surface area contributed by atoms with Crippen LogP contribution in [0.4, 0.5) is 17.6 Å². The van der Waals surface area contributed by atoms with Gasteiger partial charge < -0.3 is 10.1 Å². The number of halogens is 5. The third-order valence-electron chi connectivity index (χ3n) is 4.08. The number of fused-ring (bicyclic) bond motifs is 1. The number of hydrogen-bond donors (Lipinski definition) is 2. The van der Waals surface area contributed by atoms with E-state index in [4.69, 9.17) is 11.6 Å². The summed E-state index contributed by atoms with van der Waals surface area (Å²) in [6, 6.07) is 8.51. The predicted molar refractivity (Wildman–Crippen MR) is 95.6 cm³/mol. The Morgan fingerprint density at radius 2 is 1.78 bits per heavy atom. The standard InChI is InChI=1S/C18H14ClF4NO2S/c1-17(25,9-27(26)12-4-2-11(20)3-5-12)16-7-10-6-14(19)13(18(21,22)23)8-15(10)24-16/h2-8,24-25H,9H2,1H3. The van der Waals surface area contributed by atoms with E-state index in [9.17, 15) is 26.9 Å². The van der Waals surface area contributed by atoms with Gasteiger partial charge in [-0.1, -0.05) is 11.6 Å². The third-order valence-corrected chi connectivity index (χ3v) is 6.02. The SMILES string of the molecule is CC(O)(CS(=O)c1ccc(F)cc1)c1cc2cc(Cl)c(C(F)(F)F)cc2[nH]1. The Morgan fingerprint density at radius 1 is 1.15 bits per heavy atom. The lowest BCUT2D eigenvalue weighted by molar-refractivity contribution is -0.137. The van der Waals surface area contributed by atoms with E-state index in [-0.39, 0.29) is 17.0 Å². The Hall–Kier alpha value is -1.90. The number of alkyl halides is 3. The van der Waals surface area contributed by atoms with Gasteiger partial charge in [-0.05, 0) is 49.4 Å². The van der Waals surface area contributed by atoms with Gasteiger partial charge in [0.15, 0.2) is 0 Å². The van der Waals surface area contributed by atoms with Gasteiger partial charge in [0.1, 0.15) is 11.4 Å². The molecule has 0 aliphatic heterocycles. The monoisotopic (exact) mass is 419 g/mol. The van der Waals surface area contributed by atoms with Crippen molar-refractivity contribution in [1.82, 2.24) is 4.98 Å². The summed E-state index contributed by atoms with van der Waals surface area (Å²) < 4.78 is 64.4. The second kappa shape index (κ2) is 6.92. The molecule has 0 spiro atoms. The van der Waals surface area contributed by atoms with Gasteiger partial charge in [0, 0.05) is 21.5 Å². The van der Waals surface area contributed by atoms with Crippen molar-refractivity contribution in [3.05, 3.63) is 64.6 Å². The molecule has 0 aliphatic rings. The molecule has 3 nitrogen and oxygen atoms in total. The molecule has 144 valence electrons. The molecular formula is C18H14ClF4NO2S. The average Bonchev–Trinajstić information content (AvgIpc) is 2.97. The summed E-state index contributed by atoms with van der Waals surface area (Å²) >= 11 is 5.71. The van der Waals surface area contributed by atoms with Crippen molar-refractivity contribution >= 4 is 33.3 Å². The van der Waals surface area contributed by atoms with Crippen LogP contribution in [0.3, 0.4) is 0 Å². The summed E-state index contributed by atoms with van der Waals surface area (Å²) in [5, 5.41) is 10.7. The summed E-state index contributed by atoms with van der Waals surface area (Å²) in [6.07, 6.45) is -4.61. The predicted octanol–water partition coefficient (Wildman–Crippen LogP) is 4.99. The van der Waals surface area contributed by atoms with Crippen molar-refractivity contribution in [2.24, 2.45) is 0 Å². The molecule has 9 heteroatoms. The number of H-pyrrole nitrogens is 1. The Balaban J connectivity index is 1.93. The van der Waals surface area contributed by atoms with E-state index in [0.717, 1.165) is 24.3 Å². The molecule has 2 N–H and O–H groups in total. The molecule has 2 aromatic carbocycles. The Morgan fingerprint density at radius 3 is 2.37 bits per heavy atom. The maximum atomic E-state index is 13.0. The summed E-state index contributed by atoms with van der Waals surface area (Å²) in [4.78, 5) is 3.07. The van der Waals surface area contributed by atoms with Gasteiger partial charge in [0.25, 0.3) is 0 Å². The molecule has 2 unspecified atom stereocenters. The van der Waals surface area contributed by atoms with Crippen LogP contribution in [-0.4, -0.2) is 20.1 Å². The molecule has 2 atom stereocenters. The van der Waals surface area contributed by atoms with Gasteiger partial charge in [0.2, 0.25) is 0 Å². The lowest BCUT2D eigenvalue weighted by Gasteiger charge is -2.21. The summed E-state index contributed by atoms with van der Waals surface area (Å²) in [6.45, 7) is 1.39. The van der Waals surface area contributed by atoms with Gasteiger partial charge in [0.05, 0.1) is 27.1 Å². The third kappa shape index (κ3) is 4.17. The fourth-order valence-electron chi connectivity index (χ4n) is 2.66. The Kier molecular flexibility index (Phi) is 5.09. The smallest absolute Gasteiger partial charge is 0.383 e. The van der Waals surface area contributed by atoms with Crippen LogP contribution in [0.25, 0.3) is 10.9 Å². The minimum absolute atomic E-state index is 0.148. The number of benzene rings is 2. The first-order chi connectivity index (χ1) is 12.5. The van der Waals surface area contributed by atoms with Crippen molar-refractivity contribution in [3.63, 3.8) is 0 Å². The highest BCUT2D eigenvalue weighted by Crippen LogP contribution is 2.38. The van der Waals surface area contributed by atoms with Crippen molar-refractivity contribution in [1.29, 1.82) is 0 Å². The van der Waals surface area contributed by atoms with Gasteiger partial charge in [-0.25, -0.2) is 4.39 Å². The zero-order valence-electron chi connectivity index (χ0n) is 13.9. The summed E-state index contributed by atoms with van der Waals surface area (Å²) in [5.74, 6) is -0.707. The molecule has 0 saturated carbocycles. The van der Waals surface area contributed by atoms with Crippen LogP contribution in [0, 0.1) is 5.82 Å². The van der Waals surface area contributed by atoms with Crippen molar-refractivity contribution < 1.29 is 26.9 Å². The number of rotatable bonds is 4. The second-order valence-electron chi connectivity index (χ2n) is 6.32. The minimum Gasteiger partial charge on any atom is -0.383 e. The highest BCUT2D eigenvalue weighted by Gasteiger charge is 2.34. The molecule has 0 bridgehead atoms. The van der Waals surface area contributed by atoms with Crippen LogP contribution in [0.5, 0.6) is 0 Å². The van der Waals surface area contributed by atoms with Crippen molar-refractivity contribution in [3.8, 4) is 0 Å². The lowest BCUT2D eigenvalue weighted by atomic mass is 10.1. The second-order valence-corrected chi connectivity index (χ2v) is 8.18. The zero-order valence-corrected chi connectivity index (χ0v) is 15.5. The van der Waals surface area contributed by atoms with Gasteiger partial charge in [-0.2, -0.15) is 13.2 Å². The van der Waals surface area contributed by atoms with Crippen LogP contribution in [0.1, 0.15) is 18.2 Å². The molecule has 0 saturated heterocycles. The highest BCUT2D eigenvalue weighted by atomic mass is 35.5. The topological polar surface area (TPSA) is 53.1 Å². The Bertz CT molecular complexity index is 1010. The van der Waals surface area contributed by atoms with E-state index in [2.05, 4.69) is 4.98 Å².